The molecule has 0 saturated heterocycles. The smallest absolute Gasteiger partial charge is 0.0169 e. The van der Waals surface area contributed by atoms with Gasteiger partial charge in [0, 0.05) is 0 Å². The SMILES string of the molecule is C1=CCC=CC1.C1=CCCC=C1.C1=CCCCC=1.C1CCCCC1.C=CCCC=C.CC1CCCCC1.CCCCCCCC. The Labute approximate surface area is 284 Å². The fraction of sp³-hybridized carbons (Fsp3) is 0.667. The van der Waals surface area contributed by atoms with Crippen LogP contribution in [0, 0.1) is 5.92 Å². The second-order valence-corrected chi connectivity index (χ2v) is 12.8. The zero-order valence-corrected chi connectivity index (χ0v) is 30.8. The van der Waals surface area contributed by atoms with Crippen molar-refractivity contribution >= 4 is 0 Å². The molecule has 0 nitrogen and oxygen atoms in total. The van der Waals surface area contributed by atoms with E-state index in [4.69, 9.17) is 0 Å². The lowest BCUT2D eigenvalue weighted by molar-refractivity contribution is 0.385. The van der Waals surface area contributed by atoms with Crippen molar-refractivity contribution in [3.63, 3.8) is 0 Å². The van der Waals surface area contributed by atoms with Crippen LogP contribution in [-0.4, -0.2) is 0 Å². The third-order valence-electron chi connectivity index (χ3n) is 8.12. The Balaban J connectivity index is 0. The third-order valence-corrected chi connectivity index (χ3v) is 8.12. The summed E-state index contributed by atoms with van der Waals surface area (Å²) in [5.41, 5.74) is 3.03. The van der Waals surface area contributed by atoms with Gasteiger partial charge in [-0.05, 0) is 75.9 Å². The molecular formula is C45H78. The molecule has 5 rings (SSSR count). The van der Waals surface area contributed by atoms with Crippen molar-refractivity contribution in [1.82, 2.24) is 0 Å². The Kier molecular flexibility index (Phi) is 44.2. The summed E-state index contributed by atoms with van der Waals surface area (Å²) in [7, 11) is 0. The lowest BCUT2D eigenvalue weighted by Gasteiger charge is -2.15. The molecule has 258 valence electrons. The van der Waals surface area contributed by atoms with E-state index in [2.05, 4.69) is 100 Å². The first kappa shape index (κ1) is 45.1. The summed E-state index contributed by atoms with van der Waals surface area (Å²) in [6, 6.07) is 0. The van der Waals surface area contributed by atoms with Gasteiger partial charge in [-0.1, -0.05) is 191 Å². The Bertz CT molecular complexity index is 675. The lowest BCUT2D eigenvalue weighted by Crippen LogP contribution is -1.99. The molecule has 0 heterocycles. The van der Waals surface area contributed by atoms with Crippen LogP contribution >= 0.6 is 0 Å². The van der Waals surface area contributed by atoms with E-state index in [-0.39, 0.29) is 0 Å². The molecule has 0 amide bonds. The highest BCUT2D eigenvalue weighted by atomic mass is 14.1. The maximum Gasteiger partial charge on any atom is -0.0169 e. The van der Waals surface area contributed by atoms with E-state index >= 15 is 0 Å². The number of allylic oxidation sites excluding steroid dienone is 11. The number of rotatable bonds is 8. The average molecular weight is 619 g/mol. The molecule has 2 fully saturated rings. The molecule has 5 aliphatic rings. The standard InChI is InChI=1S/C8H18.C7H14.C6H12.3C6H8.C6H10/c1-3-5-7-8-6-4-2;1-7-5-3-2-4-6-7;4*1-2-4-6-5-3-1;1-3-5-6-4-2/h3-8H2,1-2H3;7H,2-6H2,1H3;1-6H2;1,5H,2,4,6H2;1-2,5-6H,3-4H2;1-4H,5-6H2;3-4H,1-2,5-6H2. The molecule has 0 atom stereocenters. The first-order chi connectivity index (χ1) is 22.2. The summed E-state index contributed by atoms with van der Waals surface area (Å²) in [6.45, 7) is 14.0. The minimum Gasteiger partial charge on any atom is -0.130 e. The molecular weight excluding hydrogens is 540 g/mol. The quantitative estimate of drug-likeness (QED) is 0.144. The van der Waals surface area contributed by atoms with Gasteiger partial charge in [-0.3, -0.25) is 0 Å². The van der Waals surface area contributed by atoms with Gasteiger partial charge in [0.15, 0.2) is 0 Å². The molecule has 0 spiro atoms. The molecule has 0 radical (unpaired) electrons. The van der Waals surface area contributed by atoms with E-state index in [1.54, 1.807) is 0 Å². The molecule has 0 N–H and O–H groups in total. The third kappa shape index (κ3) is 46.5. The van der Waals surface area contributed by atoms with Crippen LogP contribution in [0.25, 0.3) is 0 Å². The molecule has 0 aromatic heterocycles. The van der Waals surface area contributed by atoms with Crippen LogP contribution in [0.1, 0.15) is 188 Å². The predicted molar refractivity (Wildman–Crippen MR) is 210 cm³/mol. The molecule has 0 aromatic rings. The Morgan fingerprint density at radius 3 is 1.13 bits per heavy atom. The van der Waals surface area contributed by atoms with Crippen LogP contribution in [-0.2, 0) is 0 Å². The minimum absolute atomic E-state index is 1.04. The molecule has 0 aromatic carbocycles. The van der Waals surface area contributed by atoms with Gasteiger partial charge in [0.1, 0.15) is 0 Å². The van der Waals surface area contributed by atoms with Crippen molar-refractivity contribution in [2.45, 2.75) is 188 Å². The highest BCUT2D eigenvalue weighted by Crippen LogP contribution is 2.22. The fourth-order valence-corrected chi connectivity index (χ4v) is 5.11. The summed E-state index contributed by atoms with van der Waals surface area (Å²) >= 11 is 0. The molecule has 2 saturated carbocycles. The Hall–Kier alpha value is -2.04. The molecule has 5 aliphatic carbocycles. The van der Waals surface area contributed by atoms with Gasteiger partial charge in [-0.25, -0.2) is 0 Å². The largest absolute Gasteiger partial charge is 0.130 e. The van der Waals surface area contributed by atoms with Crippen LogP contribution < -0.4 is 0 Å². The average Bonchev–Trinajstić information content (AvgIpc) is 3.14. The van der Waals surface area contributed by atoms with E-state index in [0.29, 0.717) is 0 Å². The fourth-order valence-electron chi connectivity index (χ4n) is 5.11. The molecule has 0 unspecified atom stereocenters. The summed E-state index contributed by atoms with van der Waals surface area (Å²) < 4.78 is 0. The molecule has 45 heavy (non-hydrogen) atoms. The van der Waals surface area contributed by atoms with Gasteiger partial charge < -0.3 is 0 Å². The predicted octanol–water partition coefficient (Wildman–Crippen LogP) is 16.1. The Morgan fingerprint density at radius 1 is 0.533 bits per heavy atom. The molecule has 0 heteroatoms. The van der Waals surface area contributed by atoms with Crippen molar-refractivity contribution in [1.29, 1.82) is 0 Å². The Morgan fingerprint density at radius 2 is 0.933 bits per heavy atom. The van der Waals surface area contributed by atoms with E-state index < -0.39 is 0 Å². The lowest BCUT2D eigenvalue weighted by atomic mass is 9.91. The van der Waals surface area contributed by atoms with Gasteiger partial charge in [-0.15, -0.1) is 18.9 Å². The van der Waals surface area contributed by atoms with E-state index in [1.807, 2.05) is 12.2 Å². The zero-order valence-electron chi connectivity index (χ0n) is 30.8. The van der Waals surface area contributed by atoms with Crippen LogP contribution in [0.2, 0.25) is 0 Å². The van der Waals surface area contributed by atoms with Crippen LogP contribution in [0.15, 0.2) is 91.8 Å². The summed E-state index contributed by atoms with van der Waals surface area (Å²) in [5, 5.41) is 0. The van der Waals surface area contributed by atoms with Crippen LogP contribution in [0.5, 0.6) is 0 Å². The van der Waals surface area contributed by atoms with Crippen molar-refractivity contribution in [3.05, 3.63) is 91.8 Å². The summed E-state index contributed by atoms with van der Waals surface area (Å²) in [4.78, 5) is 0. The first-order valence-corrected chi connectivity index (χ1v) is 19.5. The summed E-state index contributed by atoms with van der Waals surface area (Å²) in [5.74, 6) is 1.04. The normalized spacial score (nSPS) is 17.3. The number of hydrogen-bond donors (Lipinski definition) is 0. The van der Waals surface area contributed by atoms with Crippen molar-refractivity contribution in [2.75, 3.05) is 0 Å². The first-order valence-electron chi connectivity index (χ1n) is 19.5. The van der Waals surface area contributed by atoms with E-state index in [1.165, 1.54) is 141 Å². The van der Waals surface area contributed by atoms with Crippen LogP contribution in [0.3, 0.4) is 0 Å². The maximum atomic E-state index is 3.55. The topological polar surface area (TPSA) is 0 Å². The summed E-state index contributed by atoms with van der Waals surface area (Å²) in [6.07, 6.45) is 60.8. The van der Waals surface area contributed by atoms with Gasteiger partial charge in [0.2, 0.25) is 0 Å². The van der Waals surface area contributed by atoms with E-state index in [9.17, 15) is 0 Å². The molecule has 0 aliphatic heterocycles. The second kappa shape index (κ2) is 44.1. The second-order valence-electron chi connectivity index (χ2n) is 12.8. The van der Waals surface area contributed by atoms with Gasteiger partial charge >= 0.3 is 0 Å². The van der Waals surface area contributed by atoms with Gasteiger partial charge in [0.25, 0.3) is 0 Å². The highest BCUT2D eigenvalue weighted by molar-refractivity contribution is 5.07. The maximum absolute atomic E-state index is 3.55. The van der Waals surface area contributed by atoms with Crippen molar-refractivity contribution in [3.8, 4) is 0 Å². The highest BCUT2D eigenvalue weighted by Gasteiger charge is 2.06. The minimum atomic E-state index is 1.04. The van der Waals surface area contributed by atoms with Crippen molar-refractivity contribution < 1.29 is 0 Å². The number of unbranched alkanes of at least 4 members (excludes halogenated alkanes) is 6. The monoisotopic (exact) mass is 619 g/mol. The van der Waals surface area contributed by atoms with E-state index in [0.717, 1.165) is 31.6 Å². The zero-order chi connectivity index (χ0) is 33.2. The van der Waals surface area contributed by atoms with Crippen molar-refractivity contribution in [2.24, 2.45) is 5.92 Å². The van der Waals surface area contributed by atoms with Gasteiger partial charge in [0.05, 0.1) is 0 Å². The molecule has 0 bridgehead atoms. The van der Waals surface area contributed by atoms with Gasteiger partial charge in [-0.2, -0.15) is 0 Å². The van der Waals surface area contributed by atoms with Crippen LogP contribution in [0.4, 0.5) is 0 Å². The number of hydrogen-bond acceptors (Lipinski definition) is 0.